The highest BCUT2D eigenvalue weighted by molar-refractivity contribution is 8.05. The van der Waals surface area contributed by atoms with E-state index in [0.717, 1.165) is 32.5 Å². The zero-order chi connectivity index (χ0) is 11.4. The van der Waals surface area contributed by atoms with Crippen molar-refractivity contribution in [3.8, 4) is 5.40 Å². The highest BCUT2D eigenvalue weighted by Gasteiger charge is 2.03. The van der Waals surface area contributed by atoms with Gasteiger partial charge in [-0.1, -0.05) is 11.3 Å². The fourth-order valence-electron chi connectivity index (χ4n) is 1.12. The number of anilines is 2. The molecule has 0 saturated carbocycles. The highest BCUT2D eigenvalue weighted by atomic mass is 32.2. The number of hydrogen-bond acceptors (Lipinski definition) is 6. The second-order valence-corrected chi connectivity index (χ2v) is 5.14. The summed E-state index contributed by atoms with van der Waals surface area (Å²) in [5.74, 6) is 0.767. The largest absolute Gasteiger partial charge is 0.316 e. The summed E-state index contributed by atoms with van der Waals surface area (Å²) in [6.45, 7) is 2.01. The standard InChI is InChI=1S/C10H8N4S2/c1-7-2-3-12-8(4-7)14-10-13-5-9(16-10)15-6-11/h2-5H,1H3,(H,12,13,14). The molecule has 0 aliphatic heterocycles. The summed E-state index contributed by atoms with van der Waals surface area (Å²) < 4.78 is 0.873. The summed E-state index contributed by atoms with van der Waals surface area (Å²) in [6.07, 6.45) is 3.42. The molecule has 0 aliphatic rings. The molecule has 0 aliphatic carbocycles. The van der Waals surface area contributed by atoms with Crippen LogP contribution in [-0.4, -0.2) is 9.97 Å². The number of nitrogens with one attached hydrogen (secondary N) is 1. The number of thiocyanates is 1. The molecule has 0 amide bonds. The molecule has 0 unspecified atom stereocenters. The van der Waals surface area contributed by atoms with Crippen molar-refractivity contribution in [2.75, 3.05) is 5.32 Å². The summed E-state index contributed by atoms with van der Waals surface area (Å²) >= 11 is 2.55. The molecular weight excluding hydrogens is 240 g/mol. The van der Waals surface area contributed by atoms with Crippen LogP contribution in [0.5, 0.6) is 0 Å². The Hall–Kier alpha value is -1.58. The Morgan fingerprint density at radius 1 is 1.50 bits per heavy atom. The predicted molar refractivity (Wildman–Crippen MR) is 65.8 cm³/mol. The van der Waals surface area contributed by atoms with Gasteiger partial charge in [-0.2, -0.15) is 5.26 Å². The lowest BCUT2D eigenvalue weighted by Crippen LogP contribution is -1.92. The maximum absolute atomic E-state index is 8.51. The minimum Gasteiger partial charge on any atom is -0.316 e. The lowest BCUT2D eigenvalue weighted by molar-refractivity contribution is 1.26. The molecule has 16 heavy (non-hydrogen) atoms. The SMILES string of the molecule is Cc1ccnc(Nc2ncc(SC#N)s2)c1. The maximum Gasteiger partial charge on any atom is 0.189 e. The minimum atomic E-state index is 0.746. The summed E-state index contributed by atoms with van der Waals surface area (Å²) in [4.78, 5) is 8.33. The molecule has 1 N–H and O–H groups in total. The second kappa shape index (κ2) is 4.96. The van der Waals surface area contributed by atoms with Gasteiger partial charge >= 0.3 is 0 Å². The number of aryl methyl sites for hydroxylation is 1. The molecule has 80 valence electrons. The van der Waals surface area contributed by atoms with Crippen LogP contribution in [0.15, 0.2) is 28.7 Å². The topological polar surface area (TPSA) is 61.6 Å². The number of hydrogen-bond donors (Lipinski definition) is 1. The van der Waals surface area contributed by atoms with Crippen LogP contribution < -0.4 is 5.32 Å². The zero-order valence-electron chi connectivity index (χ0n) is 8.47. The van der Waals surface area contributed by atoms with Crippen molar-refractivity contribution in [1.29, 1.82) is 5.26 Å². The van der Waals surface area contributed by atoms with Gasteiger partial charge in [-0.3, -0.25) is 0 Å². The monoisotopic (exact) mass is 248 g/mol. The van der Waals surface area contributed by atoms with Gasteiger partial charge in [0.2, 0.25) is 0 Å². The molecule has 0 bridgehead atoms. The molecule has 2 aromatic heterocycles. The van der Waals surface area contributed by atoms with Gasteiger partial charge in [0.15, 0.2) is 5.13 Å². The number of pyridine rings is 1. The summed E-state index contributed by atoms with van der Waals surface area (Å²) in [6, 6.07) is 3.88. The third-order valence-electron chi connectivity index (χ3n) is 1.78. The van der Waals surface area contributed by atoms with Crippen molar-refractivity contribution >= 4 is 34.0 Å². The lowest BCUT2D eigenvalue weighted by atomic mass is 10.3. The molecule has 2 rings (SSSR count). The van der Waals surface area contributed by atoms with E-state index < -0.39 is 0 Å². The van der Waals surface area contributed by atoms with Crippen LogP contribution in [0, 0.1) is 17.6 Å². The number of rotatable bonds is 3. The normalized spacial score (nSPS) is 9.75. The fourth-order valence-corrected chi connectivity index (χ4v) is 2.39. The number of nitrogens with zero attached hydrogens (tertiary/aromatic N) is 3. The van der Waals surface area contributed by atoms with Crippen LogP contribution >= 0.6 is 23.1 Å². The van der Waals surface area contributed by atoms with E-state index in [1.165, 1.54) is 11.3 Å². The molecule has 4 nitrogen and oxygen atoms in total. The van der Waals surface area contributed by atoms with Crippen LogP contribution in [0.25, 0.3) is 0 Å². The van der Waals surface area contributed by atoms with Gasteiger partial charge in [-0.25, -0.2) is 9.97 Å². The van der Waals surface area contributed by atoms with Gasteiger partial charge < -0.3 is 5.32 Å². The van der Waals surface area contributed by atoms with Crippen LogP contribution in [0.1, 0.15) is 5.56 Å². The van der Waals surface area contributed by atoms with Crippen LogP contribution in [-0.2, 0) is 0 Å². The first-order chi connectivity index (χ1) is 7.78. The molecule has 2 aromatic rings. The van der Waals surface area contributed by atoms with Crippen LogP contribution in [0.3, 0.4) is 0 Å². The van der Waals surface area contributed by atoms with Gasteiger partial charge in [-0.15, -0.1) is 0 Å². The Kier molecular flexibility index (Phi) is 3.39. The van der Waals surface area contributed by atoms with E-state index in [-0.39, 0.29) is 0 Å². The van der Waals surface area contributed by atoms with Gasteiger partial charge in [-0.05, 0) is 24.6 Å². The molecule has 0 aromatic carbocycles. The zero-order valence-corrected chi connectivity index (χ0v) is 10.1. The lowest BCUT2D eigenvalue weighted by Gasteiger charge is -2.01. The van der Waals surface area contributed by atoms with Gasteiger partial charge in [0.1, 0.15) is 11.2 Å². The first-order valence-electron chi connectivity index (χ1n) is 4.49. The number of aromatic nitrogens is 2. The van der Waals surface area contributed by atoms with Crippen molar-refractivity contribution < 1.29 is 0 Å². The third kappa shape index (κ3) is 2.72. The number of thioether (sulfide) groups is 1. The molecule has 0 atom stereocenters. The quantitative estimate of drug-likeness (QED) is 0.667. The van der Waals surface area contributed by atoms with Crippen molar-refractivity contribution in [3.05, 3.63) is 30.1 Å². The summed E-state index contributed by atoms with van der Waals surface area (Å²) in [7, 11) is 0. The fraction of sp³-hybridized carbons (Fsp3) is 0.100. The Balaban J connectivity index is 2.12. The average molecular weight is 248 g/mol. The molecule has 2 heterocycles. The number of nitriles is 1. The van der Waals surface area contributed by atoms with Gasteiger partial charge in [0, 0.05) is 18.0 Å². The van der Waals surface area contributed by atoms with Crippen LogP contribution in [0.2, 0.25) is 0 Å². The third-order valence-corrected chi connectivity index (χ3v) is 3.39. The van der Waals surface area contributed by atoms with E-state index >= 15 is 0 Å². The summed E-state index contributed by atoms with van der Waals surface area (Å²) in [5, 5.41) is 14.4. The first kappa shape index (κ1) is 10.9. The van der Waals surface area contributed by atoms with Crippen molar-refractivity contribution in [2.24, 2.45) is 0 Å². The Morgan fingerprint density at radius 3 is 3.12 bits per heavy atom. The average Bonchev–Trinajstić information content (AvgIpc) is 2.66. The second-order valence-electron chi connectivity index (χ2n) is 3.02. The van der Waals surface area contributed by atoms with Gasteiger partial charge in [0.05, 0.1) is 10.4 Å². The van der Waals surface area contributed by atoms with Crippen molar-refractivity contribution in [3.63, 3.8) is 0 Å². The summed E-state index contributed by atoms with van der Waals surface area (Å²) in [5.41, 5.74) is 1.14. The smallest absolute Gasteiger partial charge is 0.189 e. The first-order valence-corrected chi connectivity index (χ1v) is 6.12. The molecule has 0 radical (unpaired) electrons. The molecule has 0 saturated heterocycles. The Morgan fingerprint density at radius 2 is 2.38 bits per heavy atom. The highest BCUT2D eigenvalue weighted by Crippen LogP contribution is 2.28. The molecule has 6 heteroatoms. The van der Waals surface area contributed by atoms with Crippen molar-refractivity contribution in [2.45, 2.75) is 11.1 Å². The number of thiazole rings is 1. The Labute approximate surface area is 101 Å². The van der Waals surface area contributed by atoms with Crippen molar-refractivity contribution in [1.82, 2.24) is 9.97 Å². The molecule has 0 spiro atoms. The van der Waals surface area contributed by atoms with E-state index in [2.05, 4.69) is 15.3 Å². The van der Waals surface area contributed by atoms with E-state index in [0.29, 0.717) is 0 Å². The van der Waals surface area contributed by atoms with Gasteiger partial charge in [0.25, 0.3) is 0 Å². The van der Waals surface area contributed by atoms with E-state index in [1.807, 2.05) is 24.5 Å². The van der Waals surface area contributed by atoms with E-state index in [9.17, 15) is 0 Å². The maximum atomic E-state index is 8.51. The van der Waals surface area contributed by atoms with E-state index in [1.54, 1.807) is 12.4 Å². The Bertz CT molecular complexity index is 530. The molecular formula is C10H8N4S2. The van der Waals surface area contributed by atoms with E-state index in [4.69, 9.17) is 5.26 Å². The molecule has 0 fully saturated rings. The predicted octanol–water partition coefficient (Wildman–Crippen LogP) is 3.16. The minimum absolute atomic E-state index is 0.746. The van der Waals surface area contributed by atoms with Crippen LogP contribution in [0.4, 0.5) is 10.9 Å².